The SMILES string of the molecule is CC1=CNCC(C)(C)CN1C. The van der Waals surface area contributed by atoms with Gasteiger partial charge in [0, 0.05) is 32.0 Å². The molecule has 1 heterocycles. The highest BCUT2D eigenvalue weighted by atomic mass is 15.1. The first-order chi connectivity index (χ1) is 5.01. The minimum absolute atomic E-state index is 0.378. The van der Waals surface area contributed by atoms with E-state index in [1.54, 1.807) is 0 Å². The summed E-state index contributed by atoms with van der Waals surface area (Å²) in [6.45, 7) is 8.89. The molecule has 0 bridgehead atoms. The van der Waals surface area contributed by atoms with Crippen molar-refractivity contribution >= 4 is 0 Å². The van der Waals surface area contributed by atoms with E-state index in [1.165, 1.54) is 5.70 Å². The van der Waals surface area contributed by atoms with Crippen molar-refractivity contribution in [3.8, 4) is 0 Å². The molecule has 1 aliphatic rings. The Morgan fingerprint density at radius 1 is 1.55 bits per heavy atom. The minimum atomic E-state index is 0.378. The van der Waals surface area contributed by atoms with Crippen molar-refractivity contribution in [2.24, 2.45) is 5.41 Å². The second-order valence-corrected chi connectivity index (χ2v) is 4.19. The molecule has 2 nitrogen and oxygen atoms in total. The molecular weight excluding hydrogens is 136 g/mol. The van der Waals surface area contributed by atoms with E-state index >= 15 is 0 Å². The molecule has 1 N–H and O–H groups in total. The Hall–Kier alpha value is -0.660. The van der Waals surface area contributed by atoms with Crippen LogP contribution in [0.15, 0.2) is 11.9 Å². The van der Waals surface area contributed by atoms with E-state index < -0.39 is 0 Å². The Balaban J connectivity index is 2.66. The van der Waals surface area contributed by atoms with Crippen LogP contribution in [0, 0.1) is 5.41 Å². The molecule has 0 aliphatic carbocycles. The number of hydrogen-bond donors (Lipinski definition) is 1. The fourth-order valence-corrected chi connectivity index (χ4v) is 1.41. The third kappa shape index (κ3) is 2.14. The molecule has 0 unspecified atom stereocenters. The van der Waals surface area contributed by atoms with Crippen LogP contribution < -0.4 is 5.32 Å². The molecule has 1 aliphatic heterocycles. The molecule has 1 rings (SSSR count). The zero-order chi connectivity index (χ0) is 8.48. The van der Waals surface area contributed by atoms with Crippen molar-refractivity contribution in [2.45, 2.75) is 20.8 Å². The Morgan fingerprint density at radius 3 is 2.82 bits per heavy atom. The van der Waals surface area contributed by atoms with E-state index in [2.05, 4.69) is 44.2 Å². The normalized spacial score (nSPS) is 23.6. The fraction of sp³-hybridized carbons (Fsp3) is 0.778. The number of nitrogens with zero attached hydrogens (tertiary/aromatic N) is 1. The lowest BCUT2D eigenvalue weighted by molar-refractivity contribution is 0.258. The van der Waals surface area contributed by atoms with Crippen LogP contribution in [0.3, 0.4) is 0 Å². The van der Waals surface area contributed by atoms with Crippen LogP contribution in [0.25, 0.3) is 0 Å². The Labute approximate surface area is 69.3 Å². The van der Waals surface area contributed by atoms with Gasteiger partial charge in [-0.15, -0.1) is 0 Å². The standard InChI is InChI=1S/C9H18N2/c1-8-5-10-6-9(2,3)7-11(8)4/h5,10H,6-7H2,1-4H3. The van der Waals surface area contributed by atoms with Gasteiger partial charge >= 0.3 is 0 Å². The predicted octanol–water partition coefficient (Wildman–Crippen LogP) is 1.41. The quantitative estimate of drug-likeness (QED) is 0.567. The number of hydrogen-bond acceptors (Lipinski definition) is 2. The van der Waals surface area contributed by atoms with Crippen LogP contribution in [-0.2, 0) is 0 Å². The molecule has 64 valence electrons. The van der Waals surface area contributed by atoms with Gasteiger partial charge in [-0.3, -0.25) is 0 Å². The zero-order valence-corrected chi connectivity index (χ0v) is 7.94. The number of nitrogens with one attached hydrogen (secondary N) is 1. The van der Waals surface area contributed by atoms with E-state index in [1.807, 2.05) is 0 Å². The highest BCUT2D eigenvalue weighted by molar-refractivity contribution is 5.00. The molecule has 2 heteroatoms. The second kappa shape index (κ2) is 2.76. The lowest BCUT2D eigenvalue weighted by atomic mass is 9.93. The van der Waals surface area contributed by atoms with Crippen LogP contribution in [0.2, 0.25) is 0 Å². The number of rotatable bonds is 0. The molecule has 0 saturated heterocycles. The lowest BCUT2D eigenvalue weighted by Gasteiger charge is -2.28. The van der Waals surface area contributed by atoms with Crippen LogP contribution in [0.4, 0.5) is 0 Å². The van der Waals surface area contributed by atoms with Gasteiger partial charge in [0.15, 0.2) is 0 Å². The summed E-state index contributed by atoms with van der Waals surface area (Å²) >= 11 is 0. The van der Waals surface area contributed by atoms with Crippen LogP contribution in [0.5, 0.6) is 0 Å². The van der Waals surface area contributed by atoms with Crippen LogP contribution in [-0.4, -0.2) is 25.0 Å². The van der Waals surface area contributed by atoms with Gasteiger partial charge in [0.2, 0.25) is 0 Å². The summed E-state index contributed by atoms with van der Waals surface area (Å²) in [5.41, 5.74) is 1.69. The van der Waals surface area contributed by atoms with Gasteiger partial charge in [-0.25, -0.2) is 0 Å². The summed E-state index contributed by atoms with van der Waals surface area (Å²) in [6, 6.07) is 0. The van der Waals surface area contributed by atoms with Gasteiger partial charge in [-0.05, 0) is 12.3 Å². The average Bonchev–Trinajstić information content (AvgIpc) is 1.93. The second-order valence-electron chi connectivity index (χ2n) is 4.19. The van der Waals surface area contributed by atoms with E-state index in [-0.39, 0.29) is 0 Å². The third-order valence-corrected chi connectivity index (χ3v) is 2.16. The van der Waals surface area contributed by atoms with Gasteiger partial charge in [-0.2, -0.15) is 0 Å². The summed E-state index contributed by atoms with van der Waals surface area (Å²) in [4.78, 5) is 2.29. The fourth-order valence-electron chi connectivity index (χ4n) is 1.41. The monoisotopic (exact) mass is 154 g/mol. The maximum Gasteiger partial charge on any atom is 0.0258 e. The predicted molar refractivity (Wildman–Crippen MR) is 48.2 cm³/mol. The van der Waals surface area contributed by atoms with Crippen LogP contribution >= 0.6 is 0 Å². The van der Waals surface area contributed by atoms with Crippen molar-refractivity contribution in [1.82, 2.24) is 10.2 Å². The molecule has 0 saturated carbocycles. The van der Waals surface area contributed by atoms with Crippen molar-refractivity contribution < 1.29 is 0 Å². The molecule has 0 radical (unpaired) electrons. The van der Waals surface area contributed by atoms with Crippen molar-refractivity contribution in [3.63, 3.8) is 0 Å². The van der Waals surface area contributed by atoms with E-state index in [9.17, 15) is 0 Å². The minimum Gasteiger partial charge on any atom is -0.389 e. The van der Waals surface area contributed by atoms with Gasteiger partial charge in [-0.1, -0.05) is 13.8 Å². The Morgan fingerprint density at radius 2 is 2.18 bits per heavy atom. The molecule has 0 aromatic rings. The summed E-state index contributed by atoms with van der Waals surface area (Å²) in [6.07, 6.45) is 2.09. The highest BCUT2D eigenvalue weighted by Gasteiger charge is 2.21. The Kier molecular flexibility index (Phi) is 2.12. The topological polar surface area (TPSA) is 15.3 Å². The summed E-state index contributed by atoms with van der Waals surface area (Å²) in [5.74, 6) is 0. The van der Waals surface area contributed by atoms with Crippen LogP contribution in [0.1, 0.15) is 20.8 Å². The zero-order valence-electron chi connectivity index (χ0n) is 7.94. The molecule has 0 aromatic heterocycles. The lowest BCUT2D eigenvalue weighted by Crippen LogP contribution is -2.33. The van der Waals surface area contributed by atoms with Crippen molar-refractivity contribution in [1.29, 1.82) is 0 Å². The summed E-state index contributed by atoms with van der Waals surface area (Å²) in [5, 5.41) is 3.31. The largest absolute Gasteiger partial charge is 0.389 e. The maximum atomic E-state index is 3.31. The molecular formula is C9H18N2. The molecule has 0 amide bonds. The third-order valence-electron chi connectivity index (χ3n) is 2.16. The van der Waals surface area contributed by atoms with Crippen molar-refractivity contribution in [3.05, 3.63) is 11.9 Å². The van der Waals surface area contributed by atoms with Gasteiger partial charge in [0.05, 0.1) is 0 Å². The smallest absolute Gasteiger partial charge is 0.0258 e. The molecule has 0 aromatic carbocycles. The maximum absolute atomic E-state index is 3.31. The molecule has 0 atom stereocenters. The van der Waals surface area contributed by atoms with Gasteiger partial charge < -0.3 is 10.2 Å². The molecule has 0 fully saturated rings. The summed E-state index contributed by atoms with van der Waals surface area (Å²) < 4.78 is 0. The van der Waals surface area contributed by atoms with Gasteiger partial charge in [0.1, 0.15) is 0 Å². The average molecular weight is 154 g/mol. The first-order valence-electron chi connectivity index (χ1n) is 4.13. The first kappa shape index (κ1) is 8.44. The van der Waals surface area contributed by atoms with E-state index in [4.69, 9.17) is 0 Å². The van der Waals surface area contributed by atoms with Gasteiger partial charge in [0.25, 0.3) is 0 Å². The van der Waals surface area contributed by atoms with Crippen molar-refractivity contribution in [2.75, 3.05) is 20.1 Å². The summed E-state index contributed by atoms with van der Waals surface area (Å²) in [7, 11) is 2.14. The highest BCUT2D eigenvalue weighted by Crippen LogP contribution is 2.19. The molecule has 0 spiro atoms. The number of allylic oxidation sites excluding steroid dienone is 1. The molecule has 11 heavy (non-hydrogen) atoms. The van der Waals surface area contributed by atoms with E-state index in [0.717, 1.165) is 13.1 Å². The van der Waals surface area contributed by atoms with E-state index in [0.29, 0.717) is 5.41 Å². The Bertz CT molecular complexity index is 170. The first-order valence-corrected chi connectivity index (χ1v) is 4.13.